The molecule has 0 spiro atoms. The highest BCUT2D eigenvalue weighted by atomic mass is 16.5. The number of allylic oxidation sites excluding steroid dienone is 1. The predicted molar refractivity (Wildman–Crippen MR) is 50.7 cm³/mol. The van der Waals surface area contributed by atoms with Gasteiger partial charge in [0.05, 0.1) is 5.56 Å². The van der Waals surface area contributed by atoms with Crippen molar-refractivity contribution in [2.24, 2.45) is 0 Å². The summed E-state index contributed by atoms with van der Waals surface area (Å²) in [6, 6.07) is 6.64. The van der Waals surface area contributed by atoms with Crippen LogP contribution in [0.1, 0.15) is 12.5 Å². The van der Waals surface area contributed by atoms with Crippen LogP contribution in [-0.2, 0) is 4.79 Å². The number of Topliss-reactive ketones (excluding diaryl/α,β-unsaturated/α-hetero) is 1. The van der Waals surface area contributed by atoms with Crippen LogP contribution in [-0.4, -0.2) is 10.9 Å². The van der Waals surface area contributed by atoms with Gasteiger partial charge in [-0.25, -0.2) is 0 Å². The Hall–Kier alpha value is -1.65. The van der Waals surface area contributed by atoms with E-state index in [4.69, 9.17) is 0 Å². The maximum Gasteiger partial charge on any atom is 0.222 e. The van der Waals surface area contributed by atoms with E-state index in [1.54, 1.807) is 24.3 Å². The van der Waals surface area contributed by atoms with E-state index in [1.807, 2.05) is 0 Å². The number of aliphatic hydroxyl groups is 1. The maximum absolute atomic E-state index is 11.6. The third-order valence-corrected chi connectivity index (χ3v) is 2.24. The van der Waals surface area contributed by atoms with Crippen LogP contribution < -0.4 is 5.06 Å². The molecule has 0 amide bonds. The molecule has 0 bridgehead atoms. The van der Waals surface area contributed by atoms with Crippen LogP contribution in [0.2, 0.25) is 0 Å². The van der Waals surface area contributed by atoms with E-state index in [2.05, 4.69) is 0 Å². The minimum Gasteiger partial charge on any atom is -0.623 e. The summed E-state index contributed by atoms with van der Waals surface area (Å²) in [5.41, 5.74) is 0.740. The number of para-hydroxylation sites is 1. The molecule has 1 aromatic rings. The number of quaternary nitrogens is 1. The summed E-state index contributed by atoms with van der Waals surface area (Å²) in [5.74, 6) is -0.596. The molecule has 4 nitrogen and oxygen atoms in total. The average molecular weight is 191 g/mol. The second-order valence-electron chi connectivity index (χ2n) is 3.15. The van der Waals surface area contributed by atoms with Crippen LogP contribution in [0.3, 0.4) is 0 Å². The zero-order chi connectivity index (χ0) is 10.3. The summed E-state index contributed by atoms with van der Waals surface area (Å²) in [6.07, 6.45) is 0. The van der Waals surface area contributed by atoms with E-state index in [0.717, 1.165) is 0 Å². The predicted octanol–water partition coefficient (Wildman–Crippen LogP) is 0.530. The van der Waals surface area contributed by atoms with Crippen LogP contribution in [0.25, 0.3) is 5.76 Å². The molecular weight excluding hydrogens is 182 g/mol. The van der Waals surface area contributed by atoms with Gasteiger partial charge in [0.1, 0.15) is 5.69 Å². The van der Waals surface area contributed by atoms with Crippen molar-refractivity contribution in [3.05, 3.63) is 40.7 Å². The van der Waals surface area contributed by atoms with Gasteiger partial charge in [-0.2, -0.15) is 0 Å². The number of carbonyl (C=O) groups excluding carboxylic acids is 1. The normalized spacial score (nSPS) is 19.7. The van der Waals surface area contributed by atoms with Gasteiger partial charge in [0.25, 0.3) is 0 Å². The van der Waals surface area contributed by atoms with Crippen LogP contribution in [0, 0.1) is 5.21 Å². The number of fused-ring (bicyclic) bond motifs is 1. The second-order valence-corrected chi connectivity index (χ2v) is 3.15. The molecule has 0 radical (unpaired) electrons. The third kappa shape index (κ3) is 1.05. The summed E-state index contributed by atoms with van der Waals surface area (Å²) < 4.78 is 0. The summed E-state index contributed by atoms with van der Waals surface area (Å²) in [4.78, 5) is 11.1. The highest BCUT2D eigenvalue weighted by Crippen LogP contribution is 2.26. The zero-order valence-corrected chi connectivity index (χ0v) is 7.57. The van der Waals surface area contributed by atoms with Crippen molar-refractivity contribution in [2.45, 2.75) is 6.92 Å². The fourth-order valence-corrected chi connectivity index (χ4v) is 1.59. The number of hydroxylamine groups is 1. The first-order valence-corrected chi connectivity index (χ1v) is 4.21. The fraction of sp³-hybridized carbons (Fsp3) is 0.100. The van der Waals surface area contributed by atoms with Crippen molar-refractivity contribution in [3.63, 3.8) is 0 Å². The lowest BCUT2D eigenvalue weighted by Crippen LogP contribution is -3.00. The minimum atomic E-state index is -0.399. The Labute approximate surface area is 80.7 Å². The summed E-state index contributed by atoms with van der Waals surface area (Å²) in [7, 11) is 0. The molecule has 14 heavy (non-hydrogen) atoms. The fourth-order valence-electron chi connectivity index (χ4n) is 1.59. The van der Waals surface area contributed by atoms with Gasteiger partial charge < -0.3 is 15.4 Å². The van der Waals surface area contributed by atoms with Crippen molar-refractivity contribution in [1.82, 2.24) is 0 Å². The standard InChI is InChI=1S/C10H9NO3/c1-6(12)9-10(13)7-4-2-3-5-8(7)11(9)14/h2-5,11,13H,1H3. The molecule has 4 heteroatoms. The number of aliphatic hydroxyl groups excluding tert-OH is 1. The molecule has 1 atom stereocenters. The molecule has 0 aliphatic carbocycles. The highest BCUT2D eigenvalue weighted by molar-refractivity contribution is 5.99. The van der Waals surface area contributed by atoms with Crippen molar-refractivity contribution in [1.29, 1.82) is 0 Å². The van der Waals surface area contributed by atoms with E-state index < -0.39 is 5.78 Å². The summed E-state index contributed by atoms with van der Waals surface area (Å²) in [6.45, 7) is 1.27. The first-order chi connectivity index (χ1) is 6.63. The van der Waals surface area contributed by atoms with Crippen molar-refractivity contribution in [2.75, 3.05) is 0 Å². The lowest BCUT2D eigenvalue weighted by atomic mass is 10.1. The first-order valence-electron chi connectivity index (χ1n) is 4.21. The molecule has 0 aromatic heterocycles. The number of hydrogen-bond donors (Lipinski definition) is 2. The van der Waals surface area contributed by atoms with Crippen molar-refractivity contribution in [3.8, 4) is 0 Å². The highest BCUT2D eigenvalue weighted by Gasteiger charge is 2.32. The smallest absolute Gasteiger partial charge is 0.222 e. The Morgan fingerprint density at radius 1 is 1.43 bits per heavy atom. The number of carbonyl (C=O) groups is 1. The Morgan fingerprint density at radius 3 is 2.64 bits per heavy atom. The van der Waals surface area contributed by atoms with E-state index in [1.165, 1.54) is 6.92 Å². The molecule has 72 valence electrons. The van der Waals surface area contributed by atoms with Gasteiger partial charge in [-0.15, -0.1) is 0 Å². The van der Waals surface area contributed by atoms with Gasteiger partial charge in [0.2, 0.25) is 11.5 Å². The van der Waals surface area contributed by atoms with Crippen LogP contribution >= 0.6 is 0 Å². The van der Waals surface area contributed by atoms with Crippen molar-refractivity contribution < 1.29 is 15.0 Å². The number of hydrogen-bond acceptors (Lipinski definition) is 3. The largest absolute Gasteiger partial charge is 0.623 e. The molecule has 1 aliphatic heterocycles. The van der Waals surface area contributed by atoms with Gasteiger partial charge in [-0.05, 0) is 6.07 Å². The van der Waals surface area contributed by atoms with E-state index in [9.17, 15) is 15.1 Å². The van der Waals surface area contributed by atoms with Crippen LogP contribution in [0.5, 0.6) is 0 Å². The molecule has 1 aliphatic rings. The van der Waals surface area contributed by atoms with E-state index >= 15 is 0 Å². The van der Waals surface area contributed by atoms with Crippen LogP contribution in [0.15, 0.2) is 30.0 Å². The molecule has 1 aromatic carbocycles. The Bertz CT molecular complexity index is 437. The topological polar surface area (TPSA) is 64.8 Å². The first kappa shape index (κ1) is 8.93. The molecule has 0 fully saturated rings. The molecule has 1 heterocycles. The molecule has 2 rings (SSSR count). The molecular formula is C10H9NO3. The average Bonchev–Trinajstić information content (AvgIpc) is 2.41. The van der Waals surface area contributed by atoms with Gasteiger partial charge in [-0.1, -0.05) is 12.1 Å². The zero-order valence-electron chi connectivity index (χ0n) is 7.57. The Kier molecular flexibility index (Phi) is 1.87. The molecule has 2 N–H and O–H groups in total. The quantitative estimate of drug-likeness (QED) is 0.636. The summed E-state index contributed by atoms with van der Waals surface area (Å²) >= 11 is 0. The number of nitrogens with one attached hydrogen (secondary N) is 1. The SMILES string of the molecule is CC(=O)C1=C(O)c2ccccc2[NH+]1[O-]. The number of ketones is 1. The van der Waals surface area contributed by atoms with Gasteiger partial charge in [0.15, 0.2) is 5.76 Å². The van der Waals surface area contributed by atoms with Crippen LogP contribution in [0.4, 0.5) is 5.69 Å². The lowest BCUT2D eigenvalue weighted by molar-refractivity contribution is -0.722. The van der Waals surface area contributed by atoms with E-state index in [0.29, 0.717) is 11.3 Å². The number of rotatable bonds is 1. The van der Waals surface area contributed by atoms with Gasteiger partial charge >= 0.3 is 0 Å². The monoisotopic (exact) mass is 191 g/mol. The Balaban J connectivity index is 2.62. The maximum atomic E-state index is 11.6. The molecule has 0 saturated carbocycles. The van der Waals surface area contributed by atoms with Gasteiger partial charge in [-0.3, -0.25) is 4.79 Å². The summed E-state index contributed by atoms with van der Waals surface area (Å²) in [5, 5.41) is 20.8. The van der Waals surface area contributed by atoms with Gasteiger partial charge in [0, 0.05) is 13.0 Å². The molecule has 1 unspecified atom stereocenters. The second kappa shape index (κ2) is 2.94. The number of benzene rings is 1. The van der Waals surface area contributed by atoms with Crippen molar-refractivity contribution >= 4 is 17.2 Å². The minimum absolute atomic E-state index is 0.105. The van der Waals surface area contributed by atoms with E-state index in [-0.39, 0.29) is 16.5 Å². The molecule has 0 saturated heterocycles. The third-order valence-electron chi connectivity index (χ3n) is 2.24. The lowest BCUT2D eigenvalue weighted by Gasteiger charge is -2.16. The Morgan fingerprint density at radius 2 is 2.07 bits per heavy atom.